The van der Waals surface area contributed by atoms with Gasteiger partial charge in [0.25, 0.3) is 0 Å². The van der Waals surface area contributed by atoms with Crippen molar-refractivity contribution in [2.24, 2.45) is 5.92 Å². The molecule has 7 nitrogen and oxygen atoms in total. The summed E-state index contributed by atoms with van der Waals surface area (Å²) >= 11 is 0. The largest absolute Gasteiger partial charge is 0.487 e. The number of hydrogen-bond acceptors (Lipinski definition) is 5. The molecule has 152 valence electrons. The average molecular weight is 388 g/mol. The van der Waals surface area contributed by atoms with Crippen LogP contribution < -0.4 is 10.1 Å². The van der Waals surface area contributed by atoms with Gasteiger partial charge in [0.1, 0.15) is 18.0 Å². The number of anilines is 1. The monoisotopic (exact) mass is 388 g/mol. The van der Waals surface area contributed by atoms with E-state index in [2.05, 4.69) is 5.32 Å². The highest BCUT2D eigenvalue weighted by molar-refractivity contribution is 5.91. The van der Waals surface area contributed by atoms with Crippen LogP contribution in [0.25, 0.3) is 0 Å². The lowest BCUT2D eigenvalue weighted by Gasteiger charge is -2.37. The van der Waals surface area contributed by atoms with Crippen LogP contribution in [-0.4, -0.2) is 60.8 Å². The predicted molar refractivity (Wildman–Crippen MR) is 103 cm³/mol. The summed E-state index contributed by atoms with van der Waals surface area (Å²) in [6, 6.07) is 5.69. The van der Waals surface area contributed by atoms with E-state index >= 15 is 0 Å². The molecule has 28 heavy (non-hydrogen) atoms. The number of hydrogen-bond donors (Lipinski definition) is 2. The Kier molecular flexibility index (Phi) is 5.29. The van der Waals surface area contributed by atoms with Crippen LogP contribution in [0.3, 0.4) is 0 Å². The SMILES string of the molecule is CN(C)C(=O)C[C@H]1C[C@@H]2c3cc(NC(=O)CC4CC4)ccc3O[C@@H]2[C@H](CO)O1. The molecule has 4 atom stereocenters. The minimum absolute atomic E-state index is 0.000341. The number of carbonyl (C=O) groups excluding carboxylic acids is 2. The van der Waals surface area contributed by atoms with Crippen LogP contribution in [0, 0.1) is 5.92 Å². The minimum atomic E-state index is -0.473. The van der Waals surface area contributed by atoms with Crippen molar-refractivity contribution in [1.82, 2.24) is 4.90 Å². The molecule has 2 heterocycles. The number of aliphatic hydroxyl groups is 1. The third kappa shape index (κ3) is 4.00. The first-order valence-electron chi connectivity index (χ1n) is 10.0. The molecule has 1 saturated heterocycles. The van der Waals surface area contributed by atoms with Gasteiger partial charge in [-0.25, -0.2) is 0 Å². The van der Waals surface area contributed by atoms with E-state index in [0.717, 1.165) is 29.8 Å². The first-order chi connectivity index (χ1) is 13.4. The van der Waals surface area contributed by atoms with Crippen molar-refractivity contribution in [1.29, 1.82) is 0 Å². The highest BCUT2D eigenvalue weighted by Crippen LogP contribution is 2.47. The molecular formula is C21H28N2O5. The van der Waals surface area contributed by atoms with E-state index in [1.165, 1.54) is 0 Å². The van der Waals surface area contributed by atoms with Crippen LogP contribution in [-0.2, 0) is 14.3 Å². The first-order valence-corrected chi connectivity index (χ1v) is 10.0. The van der Waals surface area contributed by atoms with Gasteiger partial charge in [-0.15, -0.1) is 0 Å². The second-order valence-electron chi connectivity index (χ2n) is 8.34. The van der Waals surface area contributed by atoms with Crippen LogP contribution in [0.15, 0.2) is 18.2 Å². The van der Waals surface area contributed by atoms with Crippen molar-refractivity contribution >= 4 is 17.5 Å². The van der Waals surface area contributed by atoms with Gasteiger partial charge in [0.2, 0.25) is 11.8 Å². The van der Waals surface area contributed by atoms with E-state index in [9.17, 15) is 14.7 Å². The third-order valence-electron chi connectivity index (χ3n) is 5.86. The van der Waals surface area contributed by atoms with Gasteiger partial charge in [0, 0.05) is 37.7 Å². The first kappa shape index (κ1) is 19.2. The number of benzene rings is 1. The zero-order valence-electron chi connectivity index (χ0n) is 16.4. The molecule has 0 aromatic heterocycles. The number of carbonyl (C=O) groups is 2. The maximum absolute atomic E-state index is 12.1. The fourth-order valence-corrected chi connectivity index (χ4v) is 4.14. The molecule has 2 fully saturated rings. The molecule has 1 aromatic rings. The molecule has 7 heteroatoms. The van der Waals surface area contributed by atoms with Crippen molar-refractivity contribution in [3.63, 3.8) is 0 Å². The summed E-state index contributed by atoms with van der Waals surface area (Å²) in [4.78, 5) is 25.8. The molecule has 3 aliphatic rings. The van der Waals surface area contributed by atoms with Crippen LogP contribution in [0.4, 0.5) is 5.69 Å². The van der Waals surface area contributed by atoms with Crippen molar-refractivity contribution in [2.45, 2.75) is 56.3 Å². The zero-order valence-corrected chi connectivity index (χ0v) is 16.4. The molecule has 0 unspecified atom stereocenters. The summed E-state index contributed by atoms with van der Waals surface area (Å²) in [5.74, 6) is 1.38. The summed E-state index contributed by atoms with van der Waals surface area (Å²) < 4.78 is 12.0. The van der Waals surface area contributed by atoms with Gasteiger partial charge < -0.3 is 24.8 Å². The number of amides is 2. The Labute approximate surface area is 165 Å². The number of nitrogens with zero attached hydrogens (tertiary/aromatic N) is 1. The fraction of sp³-hybridized carbons (Fsp3) is 0.619. The summed E-state index contributed by atoms with van der Waals surface area (Å²) in [6.45, 7) is -0.160. The number of ether oxygens (including phenoxy) is 2. The summed E-state index contributed by atoms with van der Waals surface area (Å²) in [5, 5.41) is 12.8. The summed E-state index contributed by atoms with van der Waals surface area (Å²) in [6.07, 6.45) is 2.77. The Bertz CT molecular complexity index is 761. The maximum atomic E-state index is 12.1. The van der Waals surface area contributed by atoms with Gasteiger partial charge in [0.15, 0.2) is 0 Å². The summed E-state index contributed by atoms with van der Waals surface area (Å²) in [7, 11) is 3.45. The van der Waals surface area contributed by atoms with E-state index in [4.69, 9.17) is 9.47 Å². The van der Waals surface area contributed by atoms with Gasteiger partial charge >= 0.3 is 0 Å². The molecule has 2 N–H and O–H groups in total. The Morgan fingerprint density at radius 2 is 2.04 bits per heavy atom. The van der Waals surface area contributed by atoms with E-state index in [1.54, 1.807) is 19.0 Å². The van der Waals surface area contributed by atoms with E-state index in [0.29, 0.717) is 18.8 Å². The molecule has 4 rings (SSSR count). The molecule has 1 aromatic carbocycles. The fourth-order valence-electron chi connectivity index (χ4n) is 4.14. The maximum Gasteiger partial charge on any atom is 0.224 e. The molecule has 0 radical (unpaired) electrons. The minimum Gasteiger partial charge on any atom is -0.487 e. The molecule has 1 aliphatic carbocycles. The van der Waals surface area contributed by atoms with Crippen molar-refractivity contribution in [2.75, 3.05) is 26.0 Å². The highest BCUT2D eigenvalue weighted by atomic mass is 16.6. The molecule has 2 amide bonds. The standard InChI is InChI=1S/C21H28N2O5/c1-23(2)20(26)10-14-9-16-15-8-13(22-19(25)7-12-3-4-12)5-6-17(15)28-21(16)18(11-24)27-14/h5-6,8,12,14,16,18,21,24H,3-4,7,9-11H2,1-2H3,(H,22,25)/t14-,16-,18+,21+/m1/s1. The van der Waals surface area contributed by atoms with E-state index < -0.39 is 6.10 Å². The lowest BCUT2D eigenvalue weighted by molar-refractivity contribution is -0.147. The lowest BCUT2D eigenvalue weighted by Crippen LogP contribution is -2.47. The van der Waals surface area contributed by atoms with E-state index in [1.807, 2.05) is 18.2 Å². The predicted octanol–water partition coefficient (Wildman–Crippen LogP) is 1.90. The van der Waals surface area contributed by atoms with Crippen molar-refractivity contribution in [3.8, 4) is 5.75 Å². The van der Waals surface area contributed by atoms with Crippen molar-refractivity contribution in [3.05, 3.63) is 23.8 Å². The van der Waals surface area contributed by atoms with Gasteiger partial charge in [-0.1, -0.05) is 0 Å². The number of nitrogens with one attached hydrogen (secondary N) is 1. The van der Waals surface area contributed by atoms with Crippen molar-refractivity contribution < 1.29 is 24.2 Å². The number of rotatable bonds is 6. The van der Waals surface area contributed by atoms with E-state index in [-0.39, 0.29) is 43.0 Å². The topological polar surface area (TPSA) is 88.1 Å². The van der Waals surface area contributed by atoms with Crippen LogP contribution in [0.2, 0.25) is 0 Å². The molecule has 0 bridgehead atoms. The van der Waals surface area contributed by atoms with Crippen LogP contribution >= 0.6 is 0 Å². The van der Waals surface area contributed by atoms with Crippen LogP contribution in [0.5, 0.6) is 5.75 Å². The summed E-state index contributed by atoms with van der Waals surface area (Å²) in [5.41, 5.74) is 1.78. The molecule has 0 spiro atoms. The number of aliphatic hydroxyl groups excluding tert-OH is 1. The quantitative estimate of drug-likeness (QED) is 0.777. The Hall–Kier alpha value is -2.12. The smallest absolute Gasteiger partial charge is 0.224 e. The average Bonchev–Trinajstić information content (AvgIpc) is 3.39. The Morgan fingerprint density at radius 1 is 1.25 bits per heavy atom. The van der Waals surface area contributed by atoms with Gasteiger partial charge in [-0.05, 0) is 43.4 Å². The molecular weight excluding hydrogens is 360 g/mol. The second-order valence-corrected chi connectivity index (χ2v) is 8.34. The van der Waals surface area contributed by atoms with Gasteiger partial charge in [-0.3, -0.25) is 9.59 Å². The molecule has 2 aliphatic heterocycles. The zero-order chi connectivity index (χ0) is 19.8. The van der Waals surface area contributed by atoms with Gasteiger partial charge in [-0.2, -0.15) is 0 Å². The second kappa shape index (κ2) is 7.72. The highest BCUT2D eigenvalue weighted by Gasteiger charge is 2.46. The lowest BCUT2D eigenvalue weighted by atomic mass is 9.84. The van der Waals surface area contributed by atoms with Crippen LogP contribution in [0.1, 0.15) is 43.6 Å². The molecule has 1 saturated carbocycles. The normalized spacial score (nSPS) is 28.1. The Morgan fingerprint density at radius 3 is 2.71 bits per heavy atom. The van der Waals surface area contributed by atoms with Gasteiger partial charge in [0.05, 0.1) is 19.1 Å². The third-order valence-corrected chi connectivity index (χ3v) is 5.86. The Balaban J connectivity index is 1.50. The number of fused-ring (bicyclic) bond motifs is 3.